The molecule has 1 aromatic heterocycles. The number of carbonyl (C=O) groups excluding carboxylic acids is 2. The van der Waals surface area contributed by atoms with Crippen molar-refractivity contribution in [2.24, 2.45) is 0 Å². The van der Waals surface area contributed by atoms with E-state index >= 15 is 0 Å². The second kappa shape index (κ2) is 8.35. The topological polar surface area (TPSA) is 98.1 Å². The molecule has 2 N–H and O–H groups in total. The van der Waals surface area contributed by atoms with Crippen LogP contribution in [-0.4, -0.2) is 26.6 Å². The number of hydrogen-bond donors (Lipinski definition) is 2. The van der Waals surface area contributed by atoms with Crippen LogP contribution < -0.4 is 15.4 Å². The fourth-order valence-electron chi connectivity index (χ4n) is 3.43. The highest BCUT2D eigenvalue weighted by molar-refractivity contribution is 6.00. The number of anilines is 2. The third kappa shape index (κ3) is 4.06. The summed E-state index contributed by atoms with van der Waals surface area (Å²) in [5.41, 5.74) is 1.39. The molecule has 2 heterocycles. The van der Waals surface area contributed by atoms with Crippen molar-refractivity contribution in [3.8, 4) is 22.9 Å². The van der Waals surface area contributed by atoms with Crippen molar-refractivity contribution < 1.29 is 14.3 Å². The average Bonchev–Trinajstić information content (AvgIpc) is 3.25. The number of para-hydroxylation sites is 1. The van der Waals surface area contributed by atoms with Gasteiger partial charge in [0.25, 0.3) is 0 Å². The van der Waals surface area contributed by atoms with Crippen molar-refractivity contribution in [3.05, 3.63) is 84.9 Å². The summed E-state index contributed by atoms with van der Waals surface area (Å²) < 4.78 is 7.24. The molecule has 8 nitrogen and oxygen atoms in total. The van der Waals surface area contributed by atoms with Crippen LogP contribution in [-0.2, 0) is 9.59 Å². The second-order valence-electron chi connectivity index (χ2n) is 7.27. The molecule has 0 fully saturated rings. The summed E-state index contributed by atoms with van der Waals surface area (Å²) >= 11 is 0. The van der Waals surface area contributed by atoms with Gasteiger partial charge in [-0.1, -0.05) is 48.5 Å². The lowest BCUT2D eigenvalue weighted by Crippen LogP contribution is -2.36. The molecule has 3 aromatic carbocycles. The minimum atomic E-state index is -0.802. The summed E-state index contributed by atoms with van der Waals surface area (Å²) in [5.74, 6) is 1.45. The van der Waals surface area contributed by atoms with Crippen LogP contribution in [0.25, 0.3) is 11.4 Å². The zero-order valence-corrected chi connectivity index (χ0v) is 16.9. The molecule has 0 saturated carbocycles. The lowest BCUT2D eigenvalue weighted by Gasteiger charge is -2.22. The molecule has 0 saturated heterocycles. The molecule has 1 aliphatic rings. The van der Waals surface area contributed by atoms with E-state index in [-0.39, 0.29) is 24.2 Å². The number of rotatable bonds is 5. The molecule has 2 amide bonds. The molecule has 8 heteroatoms. The van der Waals surface area contributed by atoms with E-state index in [0.29, 0.717) is 17.3 Å². The first-order chi connectivity index (χ1) is 15.7. The van der Waals surface area contributed by atoms with E-state index in [4.69, 9.17) is 4.74 Å². The number of ether oxygens (including phenoxy) is 1. The monoisotopic (exact) mass is 425 g/mol. The Morgan fingerprint density at radius 3 is 2.31 bits per heavy atom. The van der Waals surface area contributed by atoms with Gasteiger partial charge < -0.3 is 10.1 Å². The van der Waals surface area contributed by atoms with Crippen LogP contribution in [0.4, 0.5) is 11.6 Å². The highest BCUT2D eigenvalue weighted by atomic mass is 16.5. The smallest absolute Gasteiger partial charge is 0.249 e. The molecule has 1 aliphatic heterocycles. The summed E-state index contributed by atoms with van der Waals surface area (Å²) in [5, 5.41) is 10.0. The van der Waals surface area contributed by atoms with Gasteiger partial charge >= 0.3 is 0 Å². The van der Waals surface area contributed by atoms with E-state index in [1.165, 1.54) is 4.68 Å². The van der Waals surface area contributed by atoms with Gasteiger partial charge in [-0.25, -0.2) is 4.68 Å². The Balaban J connectivity index is 1.33. The van der Waals surface area contributed by atoms with Crippen molar-refractivity contribution in [2.75, 3.05) is 10.6 Å². The van der Waals surface area contributed by atoms with Crippen molar-refractivity contribution in [1.82, 2.24) is 14.8 Å². The number of hydrogen-bond acceptors (Lipinski definition) is 5. The first-order valence-corrected chi connectivity index (χ1v) is 10.1. The first kappa shape index (κ1) is 19.5. The van der Waals surface area contributed by atoms with E-state index in [2.05, 4.69) is 20.7 Å². The van der Waals surface area contributed by atoms with Gasteiger partial charge in [0.15, 0.2) is 5.82 Å². The van der Waals surface area contributed by atoms with Crippen molar-refractivity contribution in [2.45, 2.75) is 12.5 Å². The Labute approximate surface area is 183 Å². The minimum absolute atomic E-state index is 0.0222. The van der Waals surface area contributed by atoms with Crippen LogP contribution in [0.1, 0.15) is 12.5 Å². The van der Waals surface area contributed by atoms with Crippen molar-refractivity contribution >= 4 is 23.5 Å². The van der Waals surface area contributed by atoms with Gasteiger partial charge in [-0.05, 0) is 36.4 Å². The van der Waals surface area contributed by atoms with E-state index in [1.54, 1.807) is 24.3 Å². The largest absolute Gasteiger partial charge is 0.457 e. The molecule has 0 aliphatic carbocycles. The highest BCUT2D eigenvalue weighted by Crippen LogP contribution is 2.28. The number of aromatic nitrogens is 3. The van der Waals surface area contributed by atoms with Gasteiger partial charge in [0.1, 0.15) is 17.5 Å². The maximum absolute atomic E-state index is 13.0. The zero-order valence-electron chi connectivity index (χ0n) is 16.9. The predicted octanol–water partition coefficient (Wildman–Crippen LogP) is 4.26. The maximum atomic E-state index is 13.0. The number of nitrogens with one attached hydrogen (secondary N) is 2. The van der Waals surface area contributed by atoms with Gasteiger partial charge in [-0.15, -0.1) is 5.10 Å². The van der Waals surface area contributed by atoms with Gasteiger partial charge in [0.2, 0.25) is 17.8 Å². The standard InChI is InChI=1S/C24H19N5O3/c30-21-15-20(29-24(26-21)27-22(28-29)16-7-3-1-4-8-16)23(31)25-17-11-13-19(14-12-17)32-18-9-5-2-6-10-18/h1-14,20H,15H2,(H,25,31)(H,26,27,28,30). The van der Waals surface area contributed by atoms with Gasteiger partial charge in [0.05, 0.1) is 6.42 Å². The van der Waals surface area contributed by atoms with E-state index < -0.39 is 6.04 Å². The lowest BCUT2D eigenvalue weighted by atomic mass is 10.1. The molecular formula is C24H19N5O3. The first-order valence-electron chi connectivity index (χ1n) is 10.1. The summed E-state index contributed by atoms with van der Waals surface area (Å²) in [7, 11) is 0. The molecule has 0 radical (unpaired) electrons. The average molecular weight is 425 g/mol. The van der Waals surface area contributed by atoms with E-state index in [1.807, 2.05) is 60.7 Å². The molecule has 0 spiro atoms. The summed E-state index contributed by atoms with van der Waals surface area (Å²) in [6.45, 7) is 0. The fourth-order valence-corrected chi connectivity index (χ4v) is 3.43. The van der Waals surface area contributed by atoms with Crippen LogP contribution in [0, 0.1) is 0 Å². The summed E-state index contributed by atoms with van der Waals surface area (Å²) in [4.78, 5) is 29.5. The van der Waals surface area contributed by atoms with Crippen LogP contribution in [0.15, 0.2) is 84.9 Å². The number of carbonyl (C=O) groups is 2. The Bertz CT molecular complexity index is 1250. The molecule has 0 bridgehead atoms. The molecule has 158 valence electrons. The number of amides is 2. The predicted molar refractivity (Wildman–Crippen MR) is 119 cm³/mol. The lowest BCUT2D eigenvalue weighted by molar-refractivity contribution is -0.125. The Morgan fingerprint density at radius 2 is 1.59 bits per heavy atom. The van der Waals surface area contributed by atoms with Crippen LogP contribution >= 0.6 is 0 Å². The van der Waals surface area contributed by atoms with Crippen molar-refractivity contribution in [3.63, 3.8) is 0 Å². The number of nitrogens with zero attached hydrogens (tertiary/aromatic N) is 3. The summed E-state index contributed by atoms with van der Waals surface area (Å²) in [6.07, 6.45) is -0.0222. The van der Waals surface area contributed by atoms with Crippen LogP contribution in [0.3, 0.4) is 0 Å². The second-order valence-corrected chi connectivity index (χ2v) is 7.27. The molecule has 5 rings (SSSR count). The minimum Gasteiger partial charge on any atom is -0.457 e. The molecule has 1 atom stereocenters. The zero-order chi connectivity index (χ0) is 21.9. The fraction of sp³-hybridized carbons (Fsp3) is 0.0833. The van der Waals surface area contributed by atoms with E-state index in [0.717, 1.165) is 11.3 Å². The molecule has 1 unspecified atom stereocenters. The normalized spacial score (nSPS) is 14.9. The van der Waals surface area contributed by atoms with Gasteiger partial charge in [-0.3, -0.25) is 14.9 Å². The Kier molecular flexibility index (Phi) is 5.09. The van der Waals surface area contributed by atoms with Crippen LogP contribution in [0.5, 0.6) is 11.5 Å². The molecular weight excluding hydrogens is 406 g/mol. The van der Waals surface area contributed by atoms with Crippen molar-refractivity contribution in [1.29, 1.82) is 0 Å². The SMILES string of the molecule is O=C1CC(C(=O)Nc2ccc(Oc3ccccc3)cc2)n2nc(-c3ccccc3)nc2N1. The quantitative estimate of drug-likeness (QED) is 0.498. The third-order valence-electron chi connectivity index (χ3n) is 4.99. The number of benzene rings is 3. The summed E-state index contributed by atoms with van der Waals surface area (Å²) in [6, 6.07) is 25.1. The highest BCUT2D eigenvalue weighted by Gasteiger charge is 2.33. The van der Waals surface area contributed by atoms with E-state index in [9.17, 15) is 9.59 Å². The van der Waals surface area contributed by atoms with Gasteiger partial charge in [0, 0.05) is 11.3 Å². The Hall–Kier alpha value is -4.46. The Morgan fingerprint density at radius 1 is 0.938 bits per heavy atom. The molecule has 32 heavy (non-hydrogen) atoms. The number of fused-ring (bicyclic) bond motifs is 1. The van der Waals surface area contributed by atoms with Gasteiger partial charge in [-0.2, -0.15) is 4.98 Å². The maximum Gasteiger partial charge on any atom is 0.249 e. The molecule has 4 aromatic rings. The third-order valence-corrected chi connectivity index (χ3v) is 4.99. The van der Waals surface area contributed by atoms with Crippen LogP contribution in [0.2, 0.25) is 0 Å².